The van der Waals surface area contributed by atoms with Crippen molar-refractivity contribution >= 4 is 17.4 Å². The van der Waals surface area contributed by atoms with Crippen LogP contribution in [0.4, 0.5) is 4.39 Å². The molecule has 3 aromatic rings. The molecule has 212 valence electrons. The summed E-state index contributed by atoms with van der Waals surface area (Å²) >= 11 is 5.96. The highest BCUT2D eigenvalue weighted by molar-refractivity contribution is 6.30. The molecule has 1 aliphatic carbocycles. The van der Waals surface area contributed by atoms with E-state index in [1.54, 1.807) is 25.3 Å². The quantitative estimate of drug-likeness (QED) is 0.157. The number of pyridine rings is 1. The lowest BCUT2D eigenvalue weighted by molar-refractivity contribution is -0.0712. The van der Waals surface area contributed by atoms with Gasteiger partial charge >= 0.3 is 0 Å². The van der Waals surface area contributed by atoms with Crippen LogP contribution >= 0.6 is 11.6 Å². The molecule has 3 aliphatic rings. The van der Waals surface area contributed by atoms with Crippen LogP contribution in [-0.2, 0) is 18.8 Å². The maximum atomic E-state index is 14.8. The molecule has 3 heterocycles. The summed E-state index contributed by atoms with van der Waals surface area (Å²) in [5.74, 6) is -0.230. The number of para-hydroxylation sites is 1. The number of ether oxygens (including phenoxy) is 2. The van der Waals surface area contributed by atoms with Crippen molar-refractivity contribution in [2.75, 3.05) is 13.1 Å². The summed E-state index contributed by atoms with van der Waals surface area (Å²) < 4.78 is 27.3. The molecule has 0 radical (unpaired) electrons. The molecule has 2 aromatic carbocycles. The molecule has 0 unspecified atom stereocenters. The van der Waals surface area contributed by atoms with Gasteiger partial charge in [-0.25, -0.2) is 4.39 Å². The van der Waals surface area contributed by atoms with Gasteiger partial charge in [0.15, 0.2) is 17.3 Å². The Bertz CT molecular complexity index is 1560. The second-order valence-electron chi connectivity index (χ2n) is 11.4. The monoisotopic (exact) mass is 575 g/mol. The van der Waals surface area contributed by atoms with Gasteiger partial charge in [0.1, 0.15) is 5.82 Å². The predicted octanol–water partition coefficient (Wildman–Crippen LogP) is 5.84. The SMILES string of the molecule is C[C@]1(c2ccc(Cl)cc2F)Oc2cccc(C3CCN(Cc4ncc(C(N)=NO)cc4CC4(C#N)CC4)CC3)c2O1. The molecule has 2 aliphatic heterocycles. The number of rotatable bonds is 7. The molecule has 2 fully saturated rings. The van der Waals surface area contributed by atoms with Gasteiger partial charge in [-0.1, -0.05) is 28.9 Å². The number of nitriles is 1. The number of piperidine rings is 1. The van der Waals surface area contributed by atoms with E-state index in [1.165, 1.54) is 6.07 Å². The van der Waals surface area contributed by atoms with Crippen LogP contribution in [-0.4, -0.2) is 34.0 Å². The van der Waals surface area contributed by atoms with E-state index in [4.69, 9.17) is 32.0 Å². The van der Waals surface area contributed by atoms with E-state index in [0.717, 1.165) is 55.6 Å². The maximum absolute atomic E-state index is 14.8. The predicted molar refractivity (Wildman–Crippen MR) is 151 cm³/mol. The van der Waals surface area contributed by atoms with Gasteiger partial charge in [0, 0.05) is 35.8 Å². The third-order valence-electron chi connectivity index (χ3n) is 8.52. The lowest BCUT2D eigenvalue weighted by Crippen LogP contribution is -2.34. The molecule has 6 rings (SSSR count). The zero-order valence-corrected chi connectivity index (χ0v) is 23.5. The Morgan fingerprint density at radius 2 is 2.02 bits per heavy atom. The van der Waals surface area contributed by atoms with Crippen LogP contribution in [0.3, 0.4) is 0 Å². The van der Waals surface area contributed by atoms with Gasteiger partial charge in [0.05, 0.1) is 22.7 Å². The third kappa shape index (κ3) is 5.30. The molecule has 0 amide bonds. The van der Waals surface area contributed by atoms with Crippen LogP contribution in [0.5, 0.6) is 11.5 Å². The molecule has 41 heavy (non-hydrogen) atoms. The van der Waals surface area contributed by atoms with Crippen molar-refractivity contribution in [3.8, 4) is 17.6 Å². The van der Waals surface area contributed by atoms with Crippen LogP contribution < -0.4 is 15.2 Å². The normalized spacial score (nSPS) is 22.0. The average Bonchev–Trinajstić information content (AvgIpc) is 3.65. The molecule has 0 spiro atoms. The Labute approximate surface area is 243 Å². The number of aromatic nitrogens is 1. The van der Waals surface area contributed by atoms with Crippen molar-refractivity contribution in [1.29, 1.82) is 5.26 Å². The topological polar surface area (TPSA) is 117 Å². The smallest absolute Gasteiger partial charge is 0.278 e. The number of hydrogen-bond acceptors (Lipinski definition) is 7. The molecule has 0 bridgehead atoms. The zero-order chi connectivity index (χ0) is 28.8. The number of benzene rings is 2. The molecule has 1 aromatic heterocycles. The minimum Gasteiger partial charge on any atom is -0.444 e. The molecule has 1 saturated carbocycles. The molecule has 1 atom stereocenters. The summed E-state index contributed by atoms with van der Waals surface area (Å²) in [4.78, 5) is 7.04. The van der Waals surface area contributed by atoms with E-state index in [0.29, 0.717) is 40.6 Å². The van der Waals surface area contributed by atoms with E-state index < -0.39 is 11.6 Å². The van der Waals surface area contributed by atoms with Gasteiger partial charge in [-0.05, 0) is 87.0 Å². The first-order valence-corrected chi connectivity index (χ1v) is 14.2. The van der Waals surface area contributed by atoms with E-state index in [9.17, 15) is 9.65 Å². The highest BCUT2D eigenvalue weighted by atomic mass is 35.5. The fraction of sp³-hybridized carbons (Fsp3) is 0.387. The minimum atomic E-state index is -1.28. The Balaban J connectivity index is 1.16. The third-order valence-corrected chi connectivity index (χ3v) is 8.75. The van der Waals surface area contributed by atoms with E-state index in [-0.39, 0.29) is 17.2 Å². The van der Waals surface area contributed by atoms with E-state index >= 15 is 0 Å². The van der Waals surface area contributed by atoms with Gasteiger partial charge < -0.3 is 20.4 Å². The molecule has 1 saturated heterocycles. The number of likely N-dealkylation sites (tertiary alicyclic amines) is 1. The second kappa shape index (κ2) is 10.5. The number of nitrogens with two attached hydrogens (primary N) is 1. The van der Waals surface area contributed by atoms with Crippen molar-refractivity contribution in [2.24, 2.45) is 16.3 Å². The summed E-state index contributed by atoms with van der Waals surface area (Å²) in [5.41, 5.74) is 9.27. The standard InChI is InChI=1S/C31H31ClFN5O3/c1-30(24-6-5-22(32)14-25(24)33)40-27-4-2-3-23(28(27)41-30)19-7-11-38(12-8-19)17-26-20(15-31(18-34)9-10-31)13-21(16-36-26)29(35)37-39/h2-6,13-14,16,19,39H,7-12,15,17H2,1H3,(H2,35,37)/t30-/m0/s1. The number of fused-ring (bicyclic) bond motifs is 1. The van der Waals surface area contributed by atoms with Crippen molar-refractivity contribution in [1.82, 2.24) is 9.88 Å². The first-order valence-electron chi connectivity index (χ1n) is 13.8. The van der Waals surface area contributed by atoms with Crippen LogP contribution in [0.25, 0.3) is 0 Å². The van der Waals surface area contributed by atoms with Gasteiger partial charge in [0.25, 0.3) is 5.79 Å². The number of oxime groups is 1. The lowest BCUT2D eigenvalue weighted by atomic mass is 9.88. The van der Waals surface area contributed by atoms with E-state index in [2.05, 4.69) is 27.2 Å². The van der Waals surface area contributed by atoms with Gasteiger partial charge in [0.2, 0.25) is 0 Å². The molecule has 3 N–H and O–H groups in total. The number of halogens is 2. The number of nitrogens with zero attached hydrogens (tertiary/aromatic N) is 4. The minimum absolute atomic E-state index is 0.00408. The average molecular weight is 576 g/mol. The summed E-state index contributed by atoms with van der Waals surface area (Å²) in [7, 11) is 0. The second-order valence-corrected chi connectivity index (χ2v) is 11.8. The Morgan fingerprint density at radius 3 is 2.71 bits per heavy atom. The fourth-order valence-electron chi connectivity index (χ4n) is 5.93. The van der Waals surface area contributed by atoms with Gasteiger partial charge in [-0.2, -0.15) is 5.26 Å². The maximum Gasteiger partial charge on any atom is 0.278 e. The van der Waals surface area contributed by atoms with Gasteiger partial charge in [-0.15, -0.1) is 0 Å². The molecular weight excluding hydrogens is 545 g/mol. The van der Waals surface area contributed by atoms with Crippen molar-refractivity contribution in [3.05, 3.63) is 87.4 Å². The highest BCUT2D eigenvalue weighted by Crippen LogP contribution is 2.50. The zero-order valence-electron chi connectivity index (χ0n) is 22.7. The molecule has 10 heteroatoms. The van der Waals surface area contributed by atoms with Gasteiger partial charge in [-0.3, -0.25) is 9.88 Å². The van der Waals surface area contributed by atoms with Crippen LogP contribution in [0.15, 0.2) is 53.8 Å². The highest BCUT2D eigenvalue weighted by Gasteiger charge is 2.44. The van der Waals surface area contributed by atoms with E-state index in [1.807, 2.05) is 18.2 Å². The molecular formula is C31H31ClFN5O3. The van der Waals surface area contributed by atoms with Crippen molar-refractivity contribution < 1.29 is 19.1 Å². The van der Waals surface area contributed by atoms with Crippen LogP contribution in [0.2, 0.25) is 5.02 Å². The number of hydrogen-bond donors (Lipinski definition) is 2. The van der Waals surface area contributed by atoms with Crippen molar-refractivity contribution in [3.63, 3.8) is 0 Å². The Kier molecular flexibility index (Phi) is 7.00. The lowest BCUT2D eigenvalue weighted by Gasteiger charge is -2.33. The van der Waals surface area contributed by atoms with Crippen LogP contribution in [0.1, 0.15) is 66.5 Å². The first kappa shape index (κ1) is 27.3. The Morgan fingerprint density at radius 1 is 1.24 bits per heavy atom. The molecule has 8 nitrogen and oxygen atoms in total. The van der Waals surface area contributed by atoms with Crippen LogP contribution in [0, 0.1) is 22.6 Å². The summed E-state index contributed by atoms with van der Waals surface area (Å²) in [6.07, 6.45) is 5.79. The summed E-state index contributed by atoms with van der Waals surface area (Å²) in [5, 5.41) is 22.2. The largest absolute Gasteiger partial charge is 0.444 e. The summed E-state index contributed by atoms with van der Waals surface area (Å²) in [6, 6.07) is 14.7. The fourth-order valence-corrected chi connectivity index (χ4v) is 6.09. The first-order chi connectivity index (χ1) is 19.7. The summed E-state index contributed by atoms with van der Waals surface area (Å²) in [6.45, 7) is 4.08. The Hall–Kier alpha value is -3.87. The van der Waals surface area contributed by atoms with Crippen molar-refractivity contribution in [2.45, 2.75) is 57.3 Å². The number of amidine groups is 1.